The van der Waals surface area contributed by atoms with Crippen LogP contribution < -0.4 is 5.32 Å². The van der Waals surface area contributed by atoms with Gasteiger partial charge in [-0.05, 0) is 39.8 Å². The molecule has 0 amide bonds. The van der Waals surface area contributed by atoms with E-state index in [9.17, 15) is 0 Å². The van der Waals surface area contributed by atoms with Crippen LogP contribution in [0.1, 0.15) is 33.1 Å². The Labute approximate surface area is 153 Å². The predicted molar refractivity (Wildman–Crippen MR) is 107 cm³/mol. The van der Waals surface area contributed by atoms with Gasteiger partial charge in [0.15, 0.2) is 5.96 Å². The largest absolute Gasteiger partial charge is 0.357 e. The van der Waals surface area contributed by atoms with Crippen molar-refractivity contribution < 1.29 is 0 Å². The second-order valence-electron chi connectivity index (χ2n) is 6.93. The molecule has 2 saturated heterocycles. The predicted octanol–water partition coefficient (Wildman–Crippen LogP) is 1.81. The van der Waals surface area contributed by atoms with Gasteiger partial charge in [0.05, 0.1) is 0 Å². The maximum Gasteiger partial charge on any atom is 0.193 e. The standard InChI is InChI=1S/C18H37N5S/c1-4-17-16-23(14-15-24-17)18(19-5-2)20-8-6-7-9-22-12-10-21(3)11-13-22/h17H,4-16H2,1-3H3,(H,19,20). The molecule has 2 rings (SSSR count). The average molecular weight is 356 g/mol. The molecule has 140 valence electrons. The van der Waals surface area contributed by atoms with E-state index in [2.05, 4.69) is 52.7 Å². The molecule has 2 aliphatic heterocycles. The van der Waals surface area contributed by atoms with E-state index >= 15 is 0 Å². The Balaban J connectivity index is 1.68. The Morgan fingerprint density at radius 3 is 2.62 bits per heavy atom. The van der Waals surface area contributed by atoms with Gasteiger partial charge in [0.25, 0.3) is 0 Å². The van der Waals surface area contributed by atoms with Crippen molar-refractivity contribution in [2.45, 2.75) is 38.4 Å². The molecule has 1 atom stereocenters. The molecule has 24 heavy (non-hydrogen) atoms. The number of guanidine groups is 1. The number of thioether (sulfide) groups is 1. The van der Waals surface area contributed by atoms with E-state index in [0.717, 1.165) is 37.4 Å². The molecule has 0 aromatic carbocycles. The zero-order valence-corrected chi connectivity index (χ0v) is 16.8. The van der Waals surface area contributed by atoms with Gasteiger partial charge in [-0.15, -0.1) is 0 Å². The lowest BCUT2D eigenvalue weighted by molar-refractivity contribution is 0.152. The SMILES string of the molecule is CCNC(=NCCCCN1CCN(C)CC1)N1CCSC(CC)C1. The summed E-state index contributed by atoms with van der Waals surface area (Å²) in [6.45, 7) is 14.8. The molecule has 0 aliphatic carbocycles. The number of piperazine rings is 1. The van der Waals surface area contributed by atoms with Crippen molar-refractivity contribution in [2.24, 2.45) is 4.99 Å². The van der Waals surface area contributed by atoms with Crippen LogP contribution in [0.15, 0.2) is 4.99 Å². The fourth-order valence-corrected chi connectivity index (χ4v) is 4.47. The number of rotatable bonds is 7. The third-order valence-electron chi connectivity index (χ3n) is 4.97. The van der Waals surface area contributed by atoms with Crippen molar-refractivity contribution in [3.05, 3.63) is 0 Å². The molecule has 5 nitrogen and oxygen atoms in total. The Morgan fingerprint density at radius 2 is 1.92 bits per heavy atom. The lowest BCUT2D eigenvalue weighted by Crippen LogP contribution is -2.48. The molecule has 1 N–H and O–H groups in total. The second-order valence-corrected chi connectivity index (χ2v) is 8.34. The molecule has 0 aromatic rings. The fourth-order valence-electron chi connectivity index (χ4n) is 3.29. The first-order chi connectivity index (χ1) is 11.7. The van der Waals surface area contributed by atoms with Crippen molar-refractivity contribution in [1.82, 2.24) is 20.0 Å². The summed E-state index contributed by atoms with van der Waals surface area (Å²) in [5, 5.41) is 4.26. The van der Waals surface area contributed by atoms with Gasteiger partial charge >= 0.3 is 0 Å². The Bertz CT molecular complexity index is 368. The van der Waals surface area contributed by atoms with E-state index in [1.54, 1.807) is 0 Å². The average Bonchev–Trinajstić information content (AvgIpc) is 2.62. The van der Waals surface area contributed by atoms with Crippen molar-refractivity contribution in [2.75, 3.05) is 71.7 Å². The van der Waals surface area contributed by atoms with Gasteiger partial charge in [-0.3, -0.25) is 4.99 Å². The van der Waals surface area contributed by atoms with E-state index in [1.165, 1.54) is 57.7 Å². The first-order valence-corrected chi connectivity index (χ1v) is 10.8. The van der Waals surface area contributed by atoms with Gasteiger partial charge in [-0.25, -0.2) is 0 Å². The highest BCUT2D eigenvalue weighted by molar-refractivity contribution is 8.00. The van der Waals surface area contributed by atoms with E-state index in [4.69, 9.17) is 4.99 Å². The van der Waals surface area contributed by atoms with Crippen molar-refractivity contribution in [1.29, 1.82) is 0 Å². The van der Waals surface area contributed by atoms with Gasteiger partial charge in [0.1, 0.15) is 0 Å². The van der Waals surface area contributed by atoms with Crippen LogP contribution in [0.25, 0.3) is 0 Å². The molecule has 6 heteroatoms. The van der Waals surface area contributed by atoms with Gasteiger partial charge in [0, 0.05) is 63.4 Å². The summed E-state index contributed by atoms with van der Waals surface area (Å²) in [5.74, 6) is 2.36. The molecule has 2 aliphatic rings. The molecular weight excluding hydrogens is 318 g/mol. The molecule has 0 radical (unpaired) electrons. The minimum absolute atomic E-state index is 0.764. The van der Waals surface area contributed by atoms with E-state index < -0.39 is 0 Å². The van der Waals surface area contributed by atoms with Crippen LogP contribution >= 0.6 is 11.8 Å². The van der Waals surface area contributed by atoms with Crippen LogP contribution in [-0.2, 0) is 0 Å². The van der Waals surface area contributed by atoms with Crippen LogP contribution in [0.3, 0.4) is 0 Å². The van der Waals surface area contributed by atoms with Crippen LogP contribution in [0.2, 0.25) is 0 Å². The molecule has 2 heterocycles. The lowest BCUT2D eigenvalue weighted by atomic mass is 10.2. The molecule has 2 fully saturated rings. The summed E-state index contributed by atoms with van der Waals surface area (Å²) < 4.78 is 0. The van der Waals surface area contributed by atoms with E-state index in [0.29, 0.717) is 0 Å². The number of likely N-dealkylation sites (N-methyl/N-ethyl adjacent to an activating group) is 1. The summed E-state index contributed by atoms with van der Waals surface area (Å²) in [7, 11) is 2.22. The number of hydrogen-bond donors (Lipinski definition) is 1. The normalized spacial score (nSPS) is 24.4. The number of aliphatic imine (C=N–C) groups is 1. The molecular formula is C18H37N5S. The lowest BCUT2D eigenvalue weighted by Gasteiger charge is -2.34. The third-order valence-corrected chi connectivity index (χ3v) is 6.34. The van der Waals surface area contributed by atoms with Gasteiger partial charge in [-0.2, -0.15) is 11.8 Å². The first-order valence-electron chi connectivity index (χ1n) is 9.78. The number of unbranched alkanes of at least 4 members (excludes halogenated alkanes) is 1. The Hall–Kier alpha value is -0.460. The third kappa shape index (κ3) is 6.81. The second kappa shape index (κ2) is 11.2. The minimum atomic E-state index is 0.764. The van der Waals surface area contributed by atoms with Crippen LogP contribution in [0, 0.1) is 0 Å². The summed E-state index contributed by atoms with van der Waals surface area (Å²) in [6, 6.07) is 0. The maximum absolute atomic E-state index is 4.90. The zero-order valence-electron chi connectivity index (χ0n) is 16.0. The topological polar surface area (TPSA) is 34.1 Å². The van der Waals surface area contributed by atoms with E-state index in [1.807, 2.05) is 0 Å². The highest BCUT2D eigenvalue weighted by Crippen LogP contribution is 2.21. The molecule has 0 bridgehead atoms. The first kappa shape index (κ1) is 19.9. The summed E-state index contributed by atoms with van der Waals surface area (Å²) in [5.41, 5.74) is 0. The van der Waals surface area contributed by atoms with Crippen molar-refractivity contribution in [3.8, 4) is 0 Å². The smallest absolute Gasteiger partial charge is 0.193 e. The molecule has 0 spiro atoms. The Kier molecular flexibility index (Phi) is 9.28. The zero-order chi connectivity index (χ0) is 17.2. The van der Waals surface area contributed by atoms with Gasteiger partial charge in [0.2, 0.25) is 0 Å². The summed E-state index contributed by atoms with van der Waals surface area (Å²) >= 11 is 2.12. The number of nitrogens with zero attached hydrogens (tertiary/aromatic N) is 4. The number of nitrogens with one attached hydrogen (secondary N) is 1. The van der Waals surface area contributed by atoms with Gasteiger partial charge in [-0.1, -0.05) is 6.92 Å². The van der Waals surface area contributed by atoms with Crippen LogP contribution in [0.5, 0.6) is 0 Å². The van der Waals surface area contributed by atoms with Crippen LogP contribution in [-0.4, -0.2) is 97.6 Å². The maximum atomic E-state index is 4.90. The van der Waals surface area contributed by atoms with E-state index in [-0.39, 0.29) is 0 Å². The highest BCUT2D eigenvalue weighted by Gasteiger charge is 2.21. The molecule has 0 aromatic heterocycles. The van der Waals surface area contributed by atoms with Crippen molar-refractivity contribution in [3.63, 3.8) is 0 Å². The van der Waals surface area contributed by atoms with Crippen molar-refractivity contribution >= 4 is 17.7 Å². The minimum Gasteiger partial charge on any atom is -0.357 e. The molecule has 0 saturated carbocycles. The summed E-state index contributed by atoms with van der Waals surface area (Å²) in [6.07, 6.45) is 3.71. The van der Waals surface area contributed by atoms with Crippen LogP contribution in [0.4, 0.5) is 0 Å². The summed E-state index contributed by atoms with van der Waals surface area (Å²) in [4.78, 5) is 12.4. The number of hydrogen-bond acceptors (Lipinski definition) is 4. The quantitative estimate of drug-likeness (QED) is 0.428. The monoisotopic (exact) mass is 355 g/mol. The van der Waals surface area contributed by atoms with Gasteiger partial charge < -0.3 is 20.0 Å². The Morgan fingerprint density at radius 1 is 1.12 bits per heavy atom. The fraction of sp³-hybridized carbons (Fsp3) is 0.944. The highest BCUT2D eigenvalue weighted by atomic mass is 32.2. The molecule has 1 unspecified atom stereocenters.